The summed E-state index contributed by atoms with van der Waals surface area (Å²) in [6.07, 6.45) is 12.0. The van der Waals surface area contributed by atoms with Gasteiger partial charge in [-0.1, -0.05) is 174 Å². The van der Waals surface area contributed by atoms with Gasteiger partial charge in [-0.2, -0.15) is 20.5 Å². The van der Waals surface area contributed by atoms with E-state index in [1.165, 1.54) is 51.4 Å². The molecule has 0 atom stereocenters. The predicted molar refractivity (Wildman–Crippen MR) is 330 cm³/mol. The third kappa shape index (κ3) is 14.6. The summed E-state index contributed by atoms with van der Waals surface area (Å²) in [7, 11) is 0. The first-order chi connectivity index (χ1) is 40.4. The highest BCUT2D eigenvalue weighted by molar-refractivity contribution is 6.11. The minimum Gasteiger partial charge on any atom is -0.494 e. The van der Waals surface area contributed by atoms with Crippen LogP contribution in [0.5, 0.6) is 23.0 Å². The Morgan fingerprint density at radius 3 is 1.00 bits per heavy atom. The molecule has 10 nitrogen and oxygen atoms in total. The Labute approximate surface area is 480 Å². The van der Waals surface area contributed by atoms with Crippen LogP contribution in [-0.4, -0.2) is 25.2 Å². The fraction of sp³-hybridized carbons (Fsp3) is 0.194. The van der Waals surface area contributed by atoms with Crippen molar-refractivity contribution in [3.8, 4) is 56.4 Å². The largest absolute Gasteiger partial charge is 0.494 e. The number of carbonyl (C=O) groups excluding carboxylic acids is 2. The maximum Gasteiger partial charge on any atom is 0.343 e. The van der Waals surface area contributed by atoms with Gasteiger partial charge in [-0.05, 0) is 166 Å². The molecule has 0 aliphatic carbocycles. The average Bonchev–Trinajstić information content (AvgIpc) is 3.47. The summed E-state index contributed by atoms with van der Waals surface area (Å²) in [5.41, 5.74) is 8.66. The van der Waals surface area contributed by atoms with E-state index in [1.807, 2.05) is 182 Å². The van der Waals surface area contributed by atoms with E-state index >= 15 is 0 Å². The number of carbonyl (C=O) groups is 2. The highest BCUT2D eigenvalue weighted by atomic mass is 16.5. The molecule has 410 valence electrons. The topological polar surface area (TPSA) is 121 Å². The second kappa shape index (κ2) is 28.1. The van der Waals surface area contributed by atoms with E-state index in [4.69, 9.17) is 18.9 Å². The van der Waals surface area contributed by atoms with Crippen molar-refractivity contribution >= 4 is 56.2 Å². The molecule has 0 heterocycles. The molecular formula is C72H66N4O6. The zero-order valence-electron chi connectivity index (χ0n) is 46.5. The number of unbranched alkanes of at least 4 members (excludes halogenated alkanes) is 8. The van der Waals surface area contributed by atoms with E-state index in [2.05, 4.69) is 34.3 Å². The predicted octanol–water partition coefficient (Wildman–Crippen LogP) is 21.0. The Hall–Kier alpha value is -9.54. The molecule has 0 bridgehead atoms. The summed E-state index contributed by atoms with van der Waals surface area (Å²) in [6, 6.07) is 68.8. The smallest absolute Gasteiger partial charge is 0.343 e. The van der Waals surface area contributed by atoms with E-state index in [0.29, 0.717) is 58.3 Å². The molecule has 0 amide bonds. The second-order valence-corrected chi connectivity index (χ2v) is 20.3. The number of nitrogens with zero attached hydrogens (tertiary/aromatic N) is 4. The molecule has 10 aromatic rings. The van der Waals surface area contributed by atoms with Gasteiger partial charge in [0, 0.05) is 11.1 Å². The van der Waals surface area contributed by atoms with Crippen LogP contribution in [0.25, 0.3) is 54.9 Å². The van der Waals surface area contributed by atoms with Gasteiger partial charge in [-0.3, -0.25) is 0 Å². The zero-order valence-corrected chi connectivity index (χ0v) is 46.5. The van der Waals surface area contributed by atoms with E-state index in [1.54, 1.807) is 36.4 Å². The van der Waals surface area contributed by atoms with Crippen LogP contribution >= 0.6 is 0 Å². The summed E-state index contributed by atoms with van der Waals surface area (Å²) in [5, 5.41) is 21.2. The van der Waals surface area contributed by atoms with Gasteiger partial charge in [-0.25, -0.2) is 9.59 Å². The minimum absolute atomic E-state index is 0.323. The molecule has 0 fully saturated rings. The van der Waals surface area contributed by atoms with Crippen LogP contribution in [0.1, 0.15) is 98.8 Å². The van der Waals surface area contributed by atoms with Crippen molar-refractivity contribution in [3.05, 3.63) is 230 Å². The first-order valence-electron chi connectivity index (χ1n) is 28.6. The lowest BCUT2D eigenvalue weighted by atomic mass is 9.92. The molecule has 0 aromatic heterocycles. The Morgan fingerprint density at radius 1 is 0.329 bits per heavy atom. The maximum atomic E-state index is 14.2. The van der Waals surface area contributed by atoms with Crippen LogP contribution in [0.3, 0.4) is 0 Å². The van der Waals surface area contributed by atoms with Gasteiger partial charge in [0.15, 0.2) is 0 Å². The number of esters is 2. The molecule has 82 heavy (non-hydrogen) atoms. The van der Waals surface area contributed by atoms with Crippen LogP contribution in [0.15, 0.2) is 239 Å². The quantitative estimate of drug-likeness (QED) is 0.0243. The lowest BCUT2D eigenvalue weighted by molar-refractivity contribution is 0.0723. The monoisotopic (exact) mass is 1080 g/mol. The lowest BCUT2D eigenvalue weighted by Gasteiger charge is -2.19. The van der Waals surface area contributed by atoms with Gasteiger partial charge in [0.25, 0.3) is 0 Å². The fourth-order valence-electron chi connectivity index (χ4n) is 9.79. The van der Waals surface area contributed by atoms with E-state index in [9.17, 15) is 9.59 Å². The number of hydrogen-bond acceptors (Lipinski definition) is 10. The molecule has 0 spiro atoms. The Kier molecular flexibility index (Phi) is 19.1. The fourth-order valence-corrected chi connectivity index (χ4v) is 9.79. The molecule has 0 unspecified atom stereocenters. The molecule has 0 aliphatic heterocycles. The summed E-state index contributed by atoms with van der Waals surface area (Å²) in [5.74, 6) is 1.24. The van der Waals surface area contributed by atoms with Gasteiger partial charge >= 0.3 is 11.9 Å². The van der Waals surface area contributed by atoms with E-state index in [0.717, 1.165) is 79.5 Å². The van der Waals surface area contributed by atoms with Gasteiger partial charge < -0.3 is 18.9 Å². The van der Waals surface area contributed by atoms with Crippen LogP contribution in [-0.2, 0) is 0 Å². The Morgan fingerprint density at radius 2 is 0.646 bits per heavy atom. The van der Waals surface area contributed by atoms with Crippen molar-refractivity contribution in [3.63, 3.8) is 0 Å². The van der Waals surface area contributed by atoms with Crippen LogP contribution in [0.2, 0.25) is 0 Å². The zero-order chi connectivity index (χ0) is 56.3. The summed E-state index contributed by atoms with van der Waals surface area (Å²) in [4.78, 5) is 28.3. The molecule has 0 N–H and O–H groups in total. The minimum atomic E-state index is -0.533. The molecule has 0 saturated heterocycles. The van der Waals surface area contributed by atoms with E-state index < -0.39 is 11.9 Å². The van der Waals surface area contributed by atoms with Crippen molar-refractivity contribution in [2.24, 2.45) is 20.5 Å². The lowest BCUT2D eigenvalue weighted by Crippen LogP contribution is -2.11. The van der Waals surface area contributed by atoms with E-state index in [-0.39, 0.29) is 0 Å². The van der Waals surface area contributed by atoms with Gasteiger partial charge in [-0.15, -0.1) is 0 Å². The van der Waals surface area contributed by atoms with Crippen LogP contribution in [0, 0.1) is 0 Å². The summed E-state index contributed by atoms with van der Waals surface area (Å²) < 4.78 is 24.5. The number of ether oxygens (including phenoxy) is 4. The van der Waals surface area contributed by atoms with Gasteiger partial charge in [0.05, 0.1) is 47.1 Å². The van der Waals surface area contributed by atoms with Crippen molar-refractivity contribution in [1.29, 1.82) is 0 Å². The maximum absolute atomic E-state index is 14.2. The number of fused-ring (bicyclic) bond motifs is 2. The molecule has 0 aliphatic rings. The normalized spacial score (nSPS) is 11.4. The number of azo groups is 2. The van der Waals surface area contributed by atoms with Crippen molar-refractivity contribution in [2.45, 2.75) is 78.1 Å². The molecule has 10 rings (SSSR count). The summed E-state index contributed by atoms with van der Waals surface area (Å²) >= 11 is 0. The molecule has 10 heteroatoms. The van der Waals surface area contributed by atoms with Gasteiger partial charge in [0.2, 0.25) is 0 Å². The third-order valence-electron chi connectivity index (χ3n) is 14.3. The van der Waals surface area contributed by atoms with Crippen LogP contribution in [0.4, 0.5) is 22.7 Å². The SMILES string of the molecule is CCCCCCCOc1ccc(N=Nc2ccc(-c3ccc(C(=O)Oc4ccc5ccccc5c4-c4c(OC(=O)c5ccc(-c6ccc(N=Nc7ccc(OCCCCCCC)cc7)cc6)cc5)ccc5ccccc45)cc3)cc2)cc1. The number of hydrogen-bond donors (Lipinski definition) is 0. The third-order valence-corrected chi connectivity index (χ3v) is 14.3. The Bertz CT molecular complexity index is 3530. The van der Waals surface area contributed by atoms with Gasteiger partial charge in [0.1, 0.15) is 23.0 Å². The van der Waals surface area contributed by atoms with Crippen molar-refractivity contribution in [1.82, 2.24) is 0 Å². The Balaban J connectivity index is 0.805. The standard InChI is InChI=1S/C72H66N4O6/c1-3-5-7-9-15-49-79-63-43-39-61(40-44-63)75-73-59-35-29-53(30-36-59)51-21-25-57(26-22-51)71(77)81-67-47-33-55-17-11-13-19-65(55)69(67)70-66-20-14-12-18-56(66)34-48-68(70)82-72(78)58-27-23-52(24-28-58)54-31-37-60(38-32-54)74-76-62-41-45-64(46-42-62)80-50-16-10-8-6-4-2/h11-14,17-48H,3-10,15-16,49-50H2,1-2H3. The molecule has 10 aromatic carbocycles. The average molecular weight is 1080 g/mol. The number of benzene rings is 10. The molecular weight excluding hydrogens is 1020 g/mol. The van der Waals surface area contributed by atoms with Crippen molar-refractivity contribution < 1.29 is 28.5 Å². The highest BCUT2D eigenvalue weighted by Crippen LogP contribution is 2.46. The highest BCUT2D eigenvalue weighted by Gasteiger charge is 2.23. The van der Waals surface area contributed by atoms with Crippen LogP contribution < -0.4 is 18.9 Å². The first-order valence-corrected chi connectivity index (χ1v) is 28.6. The molecule has 0 saturated carbocycles. The second-order valence-electron chi connectivity index (χ2n) is 20.3. The van der Waals surface area contributed by atoms with Crippen molar-refractivity contribution in [2.75, 3.05) is 13.2 Å². The number of rotatable bonds is 25. The first kappa shape index (κ1) is 55.8. The molecule has 0 radical (unpaired) electrons. The summed E-state index contributed by atoms with van der Waals surface area (Å²) in [6.45, 7) is 5.87.